The zero-order valence-corrected chi connectivity index (χ0v) is 9.05. The fraction of sp³-hybridized carbons (Fsp3) is 0.800. The molecule has 0 aromatic heterocycles. The molecule has 80 valence electrons. The summed E-state index contributed by atoms with van der Waals surface area (Å²) < 4.78 is 0. The minimum atomic E-state index is -0.0894. The number of nitrogens with zero attached hydrogens (tertiary/aromatic N) is 2. The molecule has 0 aromatic rings. The summed E-state index contributed by atoms with van der Waals surface area (Å²) in [6, 6.07) is 0. The van der Waals surface area contributed by atoms with Gasteiger partial charge in [0.2, 0.25) is 5.91 Å². The number of rotatable bonds is 3. The number of piperidine rings is 1. The Hall–Kier alpha value is -0.900. The van der Waals surface area contributed by atoms with E-state index in [-0.39, 0.29) is 5.91 Å². The highest BCUT2D eigenvalue weighted by atomic mass is 16.2. The molecule has 1 aliphatic rings. The number of carbonyl (C=O) groups is 1. The number of hydrogen-bond acceptors (Lipinski definition) is 3. The van der Waals surface area contributed by atoms with E-state index < -0.39 is 0 Å². The van der Waals surface area contributed by atoms with Crippen LogP contribution in [0.1, 0.15) is 33.1 Å². The van der Waals surface area contributed by atoms with Crippen LogP contribution in [0.5, 0.6) is 0 Å². The molecule has 14 heavy (non-hydrogen) atoms. The van der Waals surface area contributed by atoms with Crippen molar-refractivity contribution in [2.45, 2.75) is 33.1 Å². The van der Waals surface area contributed by atoms with Gasteiger partial charge < -0.3 is 4.90 Å². The van der Waals surface area contributed by atoms with Gasteiger partial charge in [0.1, 0.15) is 0 Å². The van der Waals surface area contributed by atoms with Crippen LogP contribution >= 0.6 is 0 Å². The Morgan fingerprint density at radius 2 is 2.14 bits per heavy atom. The Morgan fingerprint density at radius 1 is 1.50 bits per heavy atom. The number of carbonyl (C=O) groups excluding carboxylic acids is 1. The summed E-state index contributed by atoms with van der Waals surface area (Å²) in [5, 5.41) is 4.07. The third kappa shape index (κ3) is 3.87. The average molecular weight is 197 g/mol. The first-order valence-corrected chi connectivity index (χ1v) is 5.26. The van der Waals surface area contributed by atoms with Gasteiger partial charge in [0.25, 0.3) is 0 Å². The van der Waals surface area contributed by atoms with Crippen LogP contribution in [0.4, 0.5) is 0 Å². The molecule has 1 rings (SSSR count). The van der Waals surface area contributed by atoms with Crippen molar-refractivity contribution in [1.82, 2.24) is 10.3 Å². The number of hydrogen-bond donors (Lipinski definition) is 1. The summed E-state index contributed by atoms with van der Waals surface area (Å²) in [5.41, 5.74) is 3.61. The van der Waals surface area contributed by atoms with Crippen LogP contribution < -0.4 is 5.43 Å². The second-order valence-corrected chi connectivity index (χ2v) is 3.69. The first-order chi connectivity index (χ1) is 6.72. The predicted octanol–water partition coefficient (Wildman–Crippen LogP) is 0.984. The zero-order chi connectivity index (χ0) is 10.4. The zero-order valence-electron chi connectivity index (χ0n) is 9.05. The quantitative estimate of drug-likeness (QED) is 0.686. The third-order valence-electron chi connectivity index (χ3n) is 2.34. The fourth-order valence-corrected chi connectivity index (χ4v) is 1.62. The minimum absolute atomic E-state index is 0.0894. The van der Waals surface area contributed by atoms with Gasteiger partial charge in [0, 0.05) is 38.6 Å². The van der Waals surface area contributed by atoms with Gasteiger partial charge in [-0.1, -0.05) is 6.92 Å². The van der Waals surface area contributed by atoms with Crippen molar-refractivity contribution in [1.29, 1.82) is 0 Å². The minimum Gasteiger partial charge on any atom is -0.303 e. The van der Waals surface area contributed by atoms with Crippen LogP contribution in [-0.4, -0.2) is 36.2 Å². The van der Waals surface area contributed by atoms with Crippen molar-refractivity contribution < 1.29 is 4.79 Å². The van der Waals surface area contributed by atoms with Crippen LogP contribution in [-0.2, 0) is 4.79 Å². The van der Waals surface area contributed by atoms with Crippen LogP contribution in [0, 0.1) is 0 Å². The van der Waals surface area contributed by atoms with Gasteiger partial charge in [0.15, 0.2) is 0 Å². The lowest BCUT2D eigenvalue weighted by Crippen LogP contribution is -2.35. The van der Waals surface area contributed by atoms with E-state index >= 15 is 0 Å². The third-order valence-corrected chi connectivity index (χ3v) is 2.34. The molecule has 1 fully saturated rings. The van der Waals surface area contributed by atoms with Gasteiger partial charge in [-0.05, 0) is 13.0 Å². The van der Waals surface area contributed by atoms with E-state index in [2.05, 4.69) is 22.4 Å². The number of amides is 1. The number of likely N-dealkylation sites (tertiary alicyclic amines) is 1. The molecule has 1 aliphatic heterocycles. The Kier molecular flexibility index (Phi) is 4.59. The number of hydrazone groups is 1. The molecular weight excluding hydrogens is 178 g/mol. The molecule has 4 nitrogen and oxygen atoms in total. The molecule has 0 saturated carbocycles. The maximum atomic E-state index is 10.6. The van der Waals surface area contributed by atoms with E-state index in [1.807, 2.05) is 0 Å². The Balaban J connectivity index is 2.28. The monoisotopic (exact) mass is 197 g/mol. The highest BCUT2D eigenvalue weighted by Gasteiger charge is 2.13. The van der Waals surface area contributed by atoms with E-state index in [0.29, 0.717) is 0 Å². The molecule has 1 heterocycles. The molecule has 0 aliphatic carbocycles. The van der Waals surface area contributed by atoms with Gasteiger partial charge in [-0.2, -0.15) is 5.10 Å². The Labute approximate surface area is 85.4 Å². The van der Waals surface area contributed by atoms with Gasteiger partial charge >= 0.3 is 0 Å². The number of nitrogens with one attached hydrogen (secondary N) is 1. The largest absolute Gasteiger partial charge is 0.303 e. The van der Waals surface area contributed by atoms with Crippen LogP contribution in [0.15, 0.2) is 5.10 Å². The van der Waals surface area contributed by atoms with Crippen molar-refractivity contribution in [2.75, 3.05) is 19.6 Å². The van der Waals surface area contributed by atoms with Crippen molar-refractivity contribution in [3.8, 4) is 0 Å². The maximum Gasteiger partial charge on any atom is 0.236 e. The molecule has 0 unspecified atom stereocenters. The SMILES string of the molecule is CCCN1CCC(=NNC(C)=O)CC1. The molecule has 0 bridgehead atoms. The Bertz CT molecular complexity index is 215. The van der Waals surface area contributed by atoms with Crippen LogP contribution in [0.25, 0.3) is 0 Å². The van der Waals surface area contributed by atoms with E-state index in [1.54, 1.807) is 0 Å². The average Bonchev–Trinajstić information content (AvgIpc) is 2.17. The van der Waals surface area contributed by atoms with Gasteiger partial charge in [-0.25, -0.2) is 5.43 Å². The highest BCUT2D eigenvalue weighted by Crippen LogP contribution is 2.07. The van der Waals surface area contributed by atoms with Crippen molar-refractivity contribution >= 4 is 11.6 Å². The van der Waals surface area contributed by atoms with Crippen LogP contribution in [0.3, 0.4) is 0 Å². The molecule has 1 amide bonds. The van der Waals surface area contributed by atoms with Gasteiger partial charge in [-0.3, -0.25) is 4.79 Å². The topological polar surface area (TPSA) is 44.7 Å². The fourth-order valence-electron chi connectivity index (χ4n) is 1.62. The van der Waals surface area contributed by atoms with Crippen LogP contribution in [0.2, 0.25) is 0 Å². The second-order valence-electron chi connectivity index (χ2n) is 3.69. The predicted molar refractivity (Wildman–Crippen MR) is 57.2 cm³/mol. The first-order valence-electron chi connectivity index (χ1n) is 5.26. The van der Waals surface area contributed by atoms with E-state index in [4.69, 9.17) is 0 Å². The molecule has 0 atom stereocenters. The maximum absolute atomic E-state index is 10.6. The molecular formula is C10H19N3O. The van der Waals surface area contributed by atoms with Crippen molar-refractivity contribution in [2.24, 2.45) is 5.10 Å². The molecule has 0 radical (unpaired) electrons. The smallest absolute Gasteiger partial charge is 0.236 e. The van der Waals surface area contributed by atoms with Crippen molar-refractivity contribution in [3.05, 3.63) is 0 Å². The lowest BCUT2D eigenvalue weighted by Gasteiger charge is -2.26. The standard InChI is InChI=1S/C10H19N3O/c1-3-6-13-7-4-10(5-8-13)12-11-9(2)14/h3-8H2,1-2H3,(H,11,14). The van der Waals surface area contributed by atoms with E-state index in [0.717, 1.165) is 31.6 Å². The summed E-state index contributed by atoms with van der Waals surface area (Å²) in [6.07, 6.45) is 3.18. The second kappa shape index (κ2) is 5.75. The molecule has 1 N–H and O–H groups in total. The normalized spacial score (nSPS) is 18.0. The lowest BCUT2D eigenvalue weighted by atomic mass is 10.1. The van der Waals surface area contributed by atoms with Gasteiger partial charge in [0.05, 0.1) is 0 Å². The summed E-state index contributed by atoms with van der Waals surface area (Å²) in [4.78, 5) is 13.1. The molecule has 0 aromatic carbocycles. The summed E-state index contributed by atoms with van der Waals surface area (Å²) in [5.74, 6) is -0.0894. The Morgan fingerprint density at radius 3 is 2.64 bits per heavy atom. The van der Waals surface area contributed by atoms with E-state index in [9.17, 15) is 4.79 Å². The summed E-state index contributed by atoms with van der Waals surface area (Å²) in [6.45, 7) is 7.00. The van der Waals surface area contributed by atoms with Gasteiger partial charge in [-0.15, -0.1) is 0 Å². The summed E-state index contributed by atoms with van der Waals surface area (Å²) >= 11 is 0. The summed E-state index contributed by atoms with van der Waals surface area (Å²) in [7, 11) is 0. The van der Waals surface area contributed by atoms with E-state index in [1.165, 1.54) is 19.9 Å². The lowest BCUT2D eigenvalue weighted by molar-refractivity contribution is -0.118. The molecule has 1 saturated heterocycles. The first kappa shape index (κ1) is 11.2. The molecule has 0 spiro atoms. The molecule has 4 heteroatoms. The van der Waals surface area contributed by atoms with Crippen molar-refractivity contribution in [3.63, 3.8) is 0 Å². The highest BCUT2D eigenvalue weighted by molar-refractivity contribution is 5.86.